The Kier molecular flexibility index (Phi) is 31.5. The molecule has 0 radical (unpaired) electrons. The number of carbonyl (C=O) groups is 2. The lowest BCUT2D eigenvalue weighted by Crippen LogP contribution is -2.23. The van der Waals surface area contributed by atoms with Crippen LogP contribution < -0.4 is 16.5 Å². The minimum absolute atomic E-state index is 0.0726. The summed E-state index contributed by atoms with van der Waals surface area (Å²) < 4.78 is 38.2. The maximum atomic E-state index is 11.8. The van der Waals surface area contributed by atoms with E-state index >= 15 is 0 Å². The highest BCUT2D eigenvalue weighted by molar-refractivity contribution is 9.11. The lowest BCUT2D eigenvalue weighted by molar-refractivity contribution is 0.0521. The van der Waals surface area contributed by atoms with Crippen LogP contribution in [0.25, 0.3) is 0 Å². The fourth-order valence-electron chi connectivity index (χ4n) is 6.10. The van der Waals surface area contributed by atoms with Gasteiger partial charge in [0.1, 0.15) is 28.3 Å². The number of carbonyl (C=O) groups excluding carboxylic acids is 2. The quantitative estimate of drug-likeness (QED) is 0.0198. The zero-order valence-corrected chi connectivity index (χ0v) is 48.9. The third-order valence-electron chi connectivity index (χ3n) is 9.50. The molecule has 0 spiro atoms. The number of rotatable bonds is 16. The second kappa shape index (κ2) is 38.2. The van der Waals surface area contributed by atoms with Crippen LogP contribution in [0.3, 0.4) is 0 Å². The van der Waals surface area contributed by atoms with E-state index in [0.717, 1.165) is 44.1 Å². The number of hydrogen-bond acceptors (Lipinski definition) is 21. The molecule has 418 valence electrons. The molecule has 0 fully saturated rings. The number of nitrogens with two attached hydrogens (primary N) is 2. The largest absolute Gasteiger partial charge is 0.471 e. The number of amides is 1. The maximum Gasteiger partial charge on any atom is 0.340 e. The van der Waals surface area contributed by atoms with E-state index in [4.69, 9.17) is 39.4 Å². The van der Waals surface area contributed by atoms with Crippen molar-refractivity contribution in [1.82, 2.24) is 25.4 Å². The Morgan fingerprint density at radius 2 is 0.987 bits per heavy atom. The first-order valence-corrected chi connectivity index (χ1v) is 30.3. The van der Waals surface area contributed by atoms with Crippen LogP contribution in [0.2, 0.25) is 0 Å². The Balaban J connectivity index is 0.000000220. The van der Waals surface area contributed by atoms with Gasteiger partial charge in [-0.05, 0) is 82.5 Å². The third-order valence-corrected chi connectivity index (χ3v) is 15.5. The Bertz CT molecular complexity index is 3070. The molecule has 4 aromatic heterocycles. The number of oxime groups is 2. The van der Waals surface area contributed by atoms with Gasteiger partial charge in [-0.15, -0.1) is 35.3 Å². The number of pyridine rings is 4. The Hall–Kier alpha value is -6.46. The number of benzene rings is 3. The van der Waals surface area contributed by atoms with E-state index < -0.39 is 15.9 Å². The molecule has 1 amide bonds. The summed E-state index contributed by atoms with van der Waals surface area (Å²) in [5.74, 6) is 5.60. The molecule has 2 aliphatic heterocycles. The maximum absolute atomic E-state index is 11.8. The summed E-state index contributed by atoms with van der Waals surface area (Å²) in [5.41, 5.74) is 7.24. The third kappa shape index (κ3) is 23.8. The van der Waals surface area contributed by atoms with Crippen molar-refractivity contribution in [2.75, 3.05) is 43.7 Å². The first-order valence-electron chi connectivity index (χ1n) is 23.5. The number of ether oxygens (including phenoxy) is 3. The van der Waals surface area contributed by atoms with Gasteiger partial charge in [-0.2, -0.15) is 0 Å². The van der Waals surface area contributed by atoms with E-state index in [1.807, 2.05) is 78.9 Å². The molecular weight excluding hydrogens is 1230 g/mol. The van der Waals surface area contributed by atoms with Crippen LogP contribution in [0.4, 0.5) is 0 Å². The SMILES string of the molecule is BrCCBr.CCOC(=O)c1cccnc1SCc1ccccc1.NO.NS(=O)(=O)c1ncccc1C1=NOCCO1.O=C(NO)c1cccnc1SCc1ccccc1.c1ccc(CSc2ncccc2C2=NOCCO2)cc1. The molecule has 0 atom stereocenters. The van der Waals surface area contributed by atoms with Crippen molar-refractivity contribution in [3.8, 4) is 0 Å². The molecule has 7 aromatic rings. The highest BCUT2D eigenvalue weighted by Crippen LogP contribution is 2.27. The fraction of sp³-hybridized carbons (Fsp3) is 0.208. The molecule has 26 heteroatoms. The van der Waals surface area contributed by atoms with Gasteiger partial charge in [-0.1, -0.05) is 123 Å². The zero-order chi connectivity index (χ0) is 56.9. The lowest BCUT2D eigenvalue weighted by atomic mass is 10.2. The number of aromatic nitrogens is 4. The molecule has 79 heavy (non-hydrogen) atoms. The van der Waals surface area contributed by atoms with Crippen molar-refractivity contribution in [3.63, 3.8) is 0 Å². The van der Waals surface area contributed by atoms with Gasteiger partial charge in [0.05, 0.1) is 28.9 Å². The molecule has 7 N–H and O–H groups in total. The molecule has 2 aliphatic rings. The molecular formula is C53H57Br2N9O11S4. The summed E-state index contributed by atoms with van der Waals surface area (Å²) in [4.78, 5) is 49.6. The van der Waals surface area contributed by atoms with E-state index in [1.165, 1.54) is 35.2 Å². The van der Waals surface area contributed by atoms with Gasteiger partial charge in [0, 0.05) is 52.7 Å². The second-order valence-electron chi connectivity index (χ2n) is 15.0. The number of alkyl halides is 2. The molecule has 0 bridgehead atoms. The van der Waals surface area contributed by atoms with Gasteiger partial charge in [0.2, 0.25) is 0 Å². The lowest BCUT2D eigenvalue weighted by Gasteiger charge is -2.15. The minimum atomic E-state index is -3.91. The van der Waals surface area contributed by atoms with Crippen LogP contribution in [0.5, 0.6) is 0 Å². The smallest absolute Gasteiger partial charge is 0.340 e. The number of primary sulfonamides is 1. The summed E-state index contributed by atoms with van der Waals surface area (Å²) in [5, 5.41) is 31.8. The number of halogens is 2. The second-order valence-corrected chi connectivity index (χ2v) is 20.9. The van der Waals surface area contributed by atoms with Crippen LogP contribution in [0.1, 0.15) is 55.5 Å². The normalized spacial score (nSPS) is 12.0. The summed E-state index contributed by atoms with van der Waals surface area (Å²) >= 11 is 11.1. The Morgan fingerprint density at radius 3 is 1.42 bits per heavy atom. The van der Waals surface area contributed by atoms with Crippen molar-refractivity contribution < 1.29 is 52.3 Å². The molecule has 0 saturated carbocycles. The number of sulfonamides is 1. The van der Waals surface area contributed by atoms with Crippen molar-refractivity contribution in [2.24, 2.45) is 21.3 Å². The summed E-state index contributed by atoms with van der Waals surface area (Å²) in [6, 6.07) is 44.0. The molecule has 20 nitrogen and oxygen atoms in total. The molecule has 0 saturated heterocycles. The number of nitrogens with zero attached hydrogens (tertiary/aromatic N) is 6. The van der Waals surface area contributed by atoms with Gasteiger partial charge in [-0.3, -0.25) is 10.0 Å². The van der Waals surface area contributed by atoms with Crippen LogP contribution in [0.15, 0.2) is 195 Å². The Morgan fingerprint density at radius 1 is 0.582 bits per heavy atom. The first kappa shape index (κ1) is 65.1. The van der Waals surface area contributed by atoms with Crippen molar-refractivity contribution >= 4 is 101 Å². The number of hydrogen-bond donors (Lipinski definition) is 5. The van der Waals surface area contributed by atoms with Crippen molar-refractivity contribution in [2.45, 2.75) is 44.3 Å². The highest BCUT2D eigenvalue weighted by Gasteiger charge is 2.22. The van der Waals surface area contributed by atoms with Gasteiger partial charge in [-0.25, -0.2) is 49.7 Å². The Labute approximate surface area is 487 Å². The predicted octanol–water partition coefficient (Wildman–Crippen LogP) is 9.67. The van der Waals surface area contributed by atoms with Crippen LogP contribution in [0, 0.1) is 0 Å². The van der Waals surface area contributed by atoms with Crippen LogP contribution in [-0.4, -0.2) is 106 Å². The first-order chi connectivity index (χ1) is 38.6. The van der Waals surface area contributed by atoms with E-state index in [1.54, 1.807) is 84.8 Å². The zero-order valence-electron chi connectivity index (χ0n) is 42.5. The van der Waals surface area contributed by atoms with Gasteiger partial charge in [0.15, 0.2) is 18.2 Å². The number of esters is 1. The number of nitrogens with one attached hydrogen (secondary N) is 1. The summed E-state index contributed by atoms with van der Waals surface area (Å²) in [6.45, 7) is 3.82. The summed E-state index contributed by atoms with van der Waals surface area (Å²) in [6.07, 6.45) is 6.42. The molecule has 0 aliphatic carbocycles. The van der Waals surface area contributed by atoms with Crippen molar-refractivity contribution in [3.05, 3.63) is 203 Å². The van der Waals surface area contributed by atoms with Crippen LogP contribution >= 0.6 is 67.1 Å². The van der Waals surface area contributed by atoms with Gasteiger partial charge in [0.25, 0.3) is 27.7 Å². The highest BCUT2D eigenvalue weighted by atomic mass is 79.9. The van der Waals surface area contributed by atoms with E-state index in [0.29, 0.717) is 60.1 Å². The monoisotopic (exact) mass is 1280 g/mol. The standard InChI is InChI=1S/C15H14N2O2S.C15H15NO2S.C13H12N2O2S.C8H9N3O4S.C2H4Br2.H3NO/c1-2-5-12(6-3-1)11-20-15-13(7-4-8-16-15)14-17-19-10-9-18-14;1-2-18-15(17)13-9-6-10-16-14(13)19-11-12-7-4-3-5-8-12;16-12(15-17)11-7-4-8-14-13(11)18-9-10-5-2-1-3-6-10;9-16(12,13)8-6(2-1-3-10-8)7-11-15-5-4-14-7;3-1-2-4;1-2/h1-8H,9-11H2;3-10H,2,11H2,1H3;1-8,17H,9H2,(H,15,16);1-3H,4-5H2,(H2,9,12,13);1-2H2;2H,1H2. The number of hydroxylamine groups is 1. The molecule has 6 heterocycles. The van der Waals surface area contributed by atoms with Crippen molar-refractivity contribution in [1.29, 1.82) is 0 Å². The van der Waals surface area contributed by atoms with E-state index in [-0.39, 0.29) is 22.5 Å². The molecule has 0 unspecified atom stereocenters. The fourth-order valence-corrected chi connectivity index (χ4v) is 9.60. The average molecular weight is 1280 g/mol. The number of thioether (sulfide) groups is 3. The molecule has 9 rings (SSSR count). The van der Waals surface area contributed by atoms with E-state index in [9.17, 15) is 18.0 Å². The molecule has 3 aromatic carbocycles. The van der Waals surface area contributed by atoms with Gasteiger partial charge >= 0.3 is 5.97 Å². The van der Waals surface area contributed by atoms with Crippen LogP contribution in [-0.2, 0) is 51.2 Å². The average Bonchev–Trinajstić information content (AvgIpc) is 3.52. The minimum Gasteiger partial charge on any atom is -0.471 e. The summed E-state index contributed by atoms with van der Waals surface area (Å²) in [7, 11) is -3.91. The van der Waals surface area contributed by atoms with E-state index in [2.05, 4.69) is 92.3 Å². The predicted molar refractivity (Wildman–Crippen MR) is 312 cm³/mol. The van der Waals surface area contributed by atoms with Gasteiger partial charge < -0.3 is 29.1 Å². The topological polar surface area (TPSA) is 295 Å².